The lowest BCUT2D eigenvalue weighted by atomic mass is 10.1. The van der Waals surface area contributed by atoms with Crippen molar-refractivity contribution in [3.8, 4) is 28.7 Å². The molecule has 0 saturated heterocycles. The monoisotopic (exact) mass is 452 g/mol. The maximum atomic E-state index is 12.2. The minimum absolute atomic E-state index is 0.126. The average Bonchev–Trinajstić information content (AvgIpc) is 3.32. The largest absolute Gasteiger partial charge is 0.464 e. The highest BCUT2D eigenvalue weighted by Crippen LogP contribution is 2.35. The van der Waals surface area contributed by atoms with Gasteiger partial charge in [-0.05, 0) is 53.5 Å². The molecule has 0 fully saturated rings. The molecule has 2 aromatic heterocycles. The van der Waals surface area contributed by atoms with Crippen molar-refractivity contribution in [1.82, 2.24) is 20.0 Å². The van der Waals surface area contributed by atoms with Crippen LogP contribution in [-0.4, -0.2) is 33.1 Å². The predicted octanol–water partition coefficient (Wildman–Crippen LogP) is 4.76. The van der Waals surface area contributed by atoms with E-state index in [0.29, 0.717) is 16.1 Å². The number of nitrogens with zero attached hydrogens (tertiary/aromatic N) is 4. The van der Waals surface area contributed by atoms with E-state index in [9.17, 15) is 4.79 Å². The Balaban J connectivity index is 1.90. The fourth-order valence-electron chi connectivity index (χ4n) is 3.00. The summed E-state index contributed by atoms with van der Waals surface area (Å²) >= 11 is 3.47. The van der Waals surface area contributed by atoms with Gasteiger partial charge in [-0.15, -0.1) is 10.2 Å². The third-order valence-corrected chi connectivity index (χ3v) is 5.19. The van der Waals surface area contributed by atoms with Crippen LogP contribution in [-0.2, 0) is 4.74 Å². The Hall–Kier alpha value is -3.26. The molecule has 0 bridgehead atoms. The van der Waals surface area contributed by atoms with Crippen molar-refractivity contribution in [2.75, 3.05) is 7.11 Å². The molecule has 29 heavy (non-hydrogen) atoms. The van der Waals surface area contributed by atoms with E-state index < -0.39 is 5.97 Å². The molecule has 146 valence electrons. The van der Waals surface area contributed by atoms with Gasteiger partial charge in [0, 0.05) is 5.56 Å². The Labute approximate surface area is 175 Å². The van der Waals surface area contributed by atoms with Gasteiger partial charge in [-0.1, -0.05) is 35.9 Å². The van der Waals surface area contributed by atoms with Crippen LogP contribution in [0.2, 0.25) is 0 Å². The van der Waals surface area contributed by atoms with E-state index in [-0.39, 0.29) is 11.6 Å². The third kappa shape index (κ3) is 3.47. The summed E-state index contributed by atoms with van der Waals surface area (Å²) in [7, 11) is 1.31. The van der Waals surface area contributed by atoms with Crippen LogP contribution in [0.5, 0.6) is 0 Å². The van der Waals surface area contributed by atoms with Crippen molar-refractivity contribution in [3.63, 3.8) is 0 Å². The second-order valence-electron chi connectivity index (χ2n) is 6.48. The standard InChI is InChI=1S/C21H17BrN4O3/c1-12-7-6-9-14(11-12)19-23-24-20(29-19)18-16(22)17(21(27)28-3)25-26(18)15-10-5-4-8-13(15)2/h4-11H,1-3H3. The summed E-state index contributed by atoms with van der Waals surface area (Å²) in [5, 5.41) is 12.8. The van der Waals surface area contributed by atoms with E-state index in [1.807, 2.05) is 62.4 Å². The molecule has 4 rings (SSSR count). The fraction of sp³-hybridized carbons (Fsp3) is 0.143. The summed E-state index contributed by atoms with van der Waals surface area (Å²) in [4.78, 5) is 12.2. The first kappa shape index (κ1) is 19.1. The van der Waals surface area contributed by atoms with E-state index >= 15 is 0 Å². The minimum atomic E-state index is -0.566. The zero-order valence-corrected chi connectivity index (χ0v) is 17.6. The van der Waals surface area contributed by atoms with Gasteiger partial charge in [-0.25, -0.2) is 9.48 Å². The van der Waals surface area contributed by atoms with E-state index in [0.717, 1.165) is 22.4 Å². The van der Waals surface area contributed by atoms with Crippen molar-refractivity contribution in [1.29, 1.82) is 0 Å². The number of aryl methyl sites for hydroxylation is 2. The van der Waals surface area contributed by atoms with Crippen LogP contribution in [0.3, 0.4) is 0 Å². The fourth-order valence-corrected chi connectivity index (χ4v) is 3.58. The number of hydrogen-bond acceptors (Lipinski definition) is 6. The molecule has 8 heteroatoms. The lowest BCUT2D eigenvalue weighted by molar-refractivity contribution is 0.0592. The van der Waals surface area contributed by atoms with Crippen LogP contribution < -0.4 is 0 Å². The number of para-hydroxylation sites is 1. The number of ether oxygens (including phenoxy) is 1. The lowest BCUT2D eigenvalue weighted by Crippen LogP contribution is -2.05. The summed E-state index contributed by atoms with van der Waals surface area (Å²) in [6.45, 7) is 3.95. The highest BCUT2D eigenvalue weighted by atomic mass is 79.9. The van der Waals surface area contributed by atoms with Gasteiger partial charge in [0.25, 0.3) is 5.89 Å². The summed E-state index contributed by atoms with van der Waals surface area (Å²) in [5.74, 6) is 0.0518. The summed E-state index contributed by atoms with van der Waals surface area (Å²) in [6.07, 6.45) is 0. The molecule has 0 aliphatic carbocycles. The van der Waals surface area contributed by atoms with Crippen LogP contribution in [0.25, 0.3) is 28.7 Å². The zero-order chi connectivity index (χ0) is 20.5. The molecule has 2 aromatic carbocycles. The number of carbonyl (C=O) groups is 1. The zero-order valence-electron chi connectivity index (χ0n) is 16.0. The molecule has 0 aliphatic rings. The van der Waals surface area contributed by atoms with Gasteiger partial charge in [0.05, 0.1) is 17.3 Å². The van der Waals surface area contributed by atoms with Crippen molar-refractivity contribution in [2.45, 2.75) is 13.8 Å². The minimum Gasteiger partial charge on any atom is -0.464 e. The predicted molar refractivity (Wildman–Crippen MR) is 111 cm³/mol. The molecule has 0 N–H and O–H groups in total. The number of benzene rings is 2. The van der Waals surface area contributed by atoms with Gasteiger partial charge >= 0.3 is 5.97 Å². The number of aromatic nitrogens is 4. The van der Waals surface area contributed by atoms with E-state index in [1.54, 1.807) is 4.68 Å². The van der Waals surface area contributed by atoms with Crippen LogP contribution in [0.4, 0.5) is 0 Å². The first-order valence-corrected chi connectivity index (χ1v) is 9.62. The van der Waals surface area contributed by atoms with Crippen molar-refractivity contribution in [2.24, 2.45) is 0 Å². The van der Waals surface area contributed by atoms with Crippen molar-refractivity contribution in [3.05, 3.63) is 69.8 Å². The molecular formula is C21H17BrN4O3. The van der Waals surface area contributed by atoms with Gasteiger partial charge in [0.1, 0.15) is 5.69 Å². The molecule has 0 amide bonds. The first-order chi connectivity index (χ1) is 14.0. The Morgan fingerprint density at radius 3 is 2.55 bits per heavy atom. The molecule has 0 radical (unpaired) electrons. The normalized spacial score (nSPS) is 10.9. The summed E-state index contributed by atoms with van der Waals surface area (Å²) in [6, 6.07) is 15.5. The van der Waals surface area contributed by atoms with E-state index in [4.69, 9.17) is 9.15 Å². The molecule has 0 atom stereocenters. The number of rotatable bonds is 4. The van der Waals surface area contributed by atoms with Crippen LogP contribution in [0.1, 0.15) is 21.6 Å². The molecule has 0 unspecified atom stereocenters. The highest BCUT2D eigenvalue weighted by molar-refractivity contribution is 9.10. The topological polar surface area (TPSA) is 83.0 Å². The molecule has 4 aromatic rings. The number of carbonyl (C=O) groups excluding carboxylic acids is 1. The number of hydrogen-bond donors (Lipinski definition) is 0. The lowest BCUT2D eigenvalue weighted by Gasteiger charge is -2.08. The maximum Gasteiger partial charge on any atom is 0.359 e. The van der Waals surface area contributed by atoms with Gasteiger partial charge in [-0.2, -0.15) is 5.10 Å². The summed E-state index contributed by atoms with van der Waals surface area (Å²) in [5.41, 5.74) is 4.26. The molecule has 7 nitrogen and oxygen atoms in total. The Bertz CT molecular complexity index is 1210. The van der Waals surface area contributed by atoms with Crippen LogP contribution in [0.15, 0.2) is 57.4 Å². The average molecular weight is 453 g/mol. The molecular weight excluding hydrogens is 436 g/mol. The number of halogens is 1. The second-order valence-corrected chi connectivity index (χ2v) is 7.28. The van der Waals surface area contributed by atoms with Gasteiger partial charge in [0.15, 0.2) is 5.69 Å². The summed E-state index contributed by atoms with van der Waals surface area (Å²) < 4.78 is 12.9. The Morgan fingerprint density at radius 2 is 1.83 bits per heavy atom. The van der Waals surface area contributed by atoms with Crippen LogP contribution >= 0.6 is 15.9 Å². The maximum absolute atomic E-state index is 12.2. The van der Waals surface area contributed by atoms with Gasteiger partial charge in [0.2, 0.25) is 5.89 Å². The quantitative estimate of drug-likeness (QED) is 0.415. The molecule has 0 saturated carbocycles. The highest BCUT2D eigenvalue weighted by Gasteiger charge is 2.28. The smallest absolute Gasteiger partial charge is 0.359 e. The molecule has 2 heterocycles. The number of methoxy groups -OCH3 is 1. The number of esters is 1. The van der Waals surface area contributed by atoms with Gasteiger partial charge in [-0.3, -0.25) is 0 Å². The Morgan fingerprint density at radius 1 is 1.07 bits per heavy atom. The molecule has 0 aliphatic heterocycles. The Kier molecular flexibility index (Phi) is 5.02. The van der Waals surface area contributed by atoms with E-state index in [2.05, 4.69) is 31.2 Å². The van der Waals surface area contributed by atoms with E-state index in [1.165, 1.54) is 7.11 Å². The van der Waals surface area contributed by atoms with Gasteiger partial charge < -0.3 is 9.15 Å². The van der Waals surface area contributed by atoms with Crippen molar-refractivity contribution >= 4 is 21.9 Å². The van der Waals surface area contributed by atoms with Crippen molar-refractivity contribution < 1.29 is 13.9 Å². The van der Waals surface area contributed by atoms with Crippen LogP contribution in [0, 0.1) is 13.8 Å². The SMILES string of the molecule is COC(=O)c1nn(-c2ccccc2C)c(-c2nnc(-c3cccc(C)c3)o2)c1Br. The second kappa shape index (κ2) is 7.63. The third-order valence-electron chi connectivity index (χ3n) is 4.44. The first-order valence-electron chi connectivity index (χ1n) is 8.83. The molecule has 0 spiro atoms.